The first-order valence-corrected chi connectivity index (χ1v) is 8.38. The zero-order valence-corrected chi connectivity index (χ0v) is 12.9. The minimum atomic E-state index is 0.0648. The first kappa shape index (κ1) is 14.3. The van der Waals surface area contributed by atoms with E-state index in [1.807, 2.05) is 0 Å². The van der Waals surface area contributed by atoms with Crippen LogP contribution in [0.5, 0.6) is 0 Å². The molecule has 5 unspecified atom stereocenters. The van der Waals surface area contributed by atoms with Gasteiger partial charge in [0, 0.05) is 18.6 Å². The predicted molar refractivity (Wildman–Crippen MR) is 80.5 cm³/mol. The average molecular weight is 279 g/mol. The number of amides is 1. The van der Waals surface area contributed by atoms with Crippen molar-refractivity contribution >= 4 is 5.91 Å². The highest BCUT2D eigenvalue weighted by molar-refractivity contribution is 5.82. The first-order chi connectivity index (χ1) is 9.63. The van der Waals surface area contributed by atoms with E-state index in [2.05, 4.69) is 29.5 Å². The van der Waals surface area contributed by atoms with Gasteiger partial charge in [0.25, 0.3) is 0 Å². The molecule has 3 fully saturated rings. The van der Waals surface area contributed by atoms with Crippen molar-refractivity contribution in [1.82, 2.24) is 15.5 Å². The number of carbonyl (C=O) groups excluding carboxylic acids is 1. The molecule has 20 heavy (non-hydrogen) atoms. The summed E-state index contributed by atoms with van der Waals surface area (Å²) in [5.41, 5.74) is 0. The lowest BCUT2D eigenvalue weighted by Crippen LogP contribution is -2.53. The second kappa shape index (κ2) is 6.02. The molecule has 3 rings (SSSR count). The van der Waals surface area contributed by atoms with E-state index in [0.29, 0.717) is 18.0 Å². The minimum absolute atomic E-state index is 0.0648. The van der Waals surface area contributed by atoms with Crippen LogP contribution in [0.1, 0.15) is 45.4 Å². The van der Waals surface area contributed by atoms with Crippen molar-refractivity contribution in [3.63, 3.8) is 0 Å². The Labute approximate surface area is 122 Å². The Balaban J connectivity index is 1.52. The maximum Gasteiger partial charge on any atom is 0.237 e. The summed E-state index contributed by atoms with van der Waals surface area (Å²) in [5, 5.41) is 6.90. The second-order valence-electron chi connectivity index (χ2n) is 7.25. The molecule has 114 valence electrons. The molecular formula is C16H29N3O. The number of hydrogen-bond acceptors (Lipinski definition) is 3. The van der Waals surface area contributed by atoms with E-state index in [4.69, 9.17) is 0 Å². The number of piperidine rings is 1. The third-order valence-electron chi connectivity index (χ3n) is 5.62. The fourth-order valence-corrected chi connectivity index (χ4v) is 4.37. The Hall–Kier alpha value is -0.610. The van der Waals surface area contributed by atoms with Crippen LogP contribution >= 0.6 is 0 Å². The van der Waals surface area contributed by atoms with Crippen LogP contribution in [0.15, 0.2) is 0 Å². The van der Waals surface area contributed by atoms with Gasteiger partial charge in [-0.15, -0.1) is 0 Å². The van der Waals surface area contributed by atoms with Crippen LogP contribution in [0.4, 0.5) is 0 Å². The van der Waals surface area contributed by atoms with E-state index in [9.17, 15) is 4.79 Å². The highest BCUT2D eigenvalue weighted by atomic mass is 16.2. The molecule has 0 aromatic rings. The highest BCUT2D eigenvalue weighted by Crippen LogP contribution is 2.33. The monoisotopic (exact) mass is 279 g/mol. The van der Waals surface area contributed by atoms with Crippen LogP contribution in [-0.2, 0) is 4.79 Å². The molecule has 1 amide bonds. The predicted octanol–water partition coefficient (Wildman–Crippen LogP) is 1.36. The lowest BCUT2D eigenvalue weighted by atomic mass is 9.85. The summed E-state index contributed by atoms with van der Waals surface area (Å²) in [4.78, 5) is 14.9. The fourth-order valence-electron chi connectivity index (χ4n) is 4.37. The molecule has 0 aromatic heterocycles. The number of rotatable bonds is 2. The highest BCUT2D eigenvalue weighted by Gasteiger charge is 2.39. The van der Waals surface area contributed by atoms with E-state index in [1.165, 1.54) is 25.7 Å². The van der Waals surface area contributed by atoms with Crippen molar-refractivity contribution in [1.29, 1.82) is 0 Å². The molecule has 2 heterocycles. The van der Waals surface area contributed by atoms with E-state index >= 15 is 0 Å². The minimum Gasteiger partial charge on any atom is -0.352 e. The molecule has 0 spiro atoms. The largest absolute Gasteiger partial charge is 0.352 e. The molecule has 4 heteroatoms. The van der Waals surface area contributed by atoms with Gasteiger partial charge in [-0.3, -0.25) is 4.79 Å². The van der Waals surface area contributed by atoms with E-state index in [1.54, 1.807) is 0 Å². The van der Waals surface area contributed by atoms with E-state index in [0.717, 1.165) is 31.8 Å². The van der Waals surface area contributed by atoms with Crippen molar-refractivity contribution in [2.45, 2.75) is 63.6 Å². The van der Waals surface area contributed by atoms with Crippen molar-refractivity contribution in [2.24, 2.45) is 11.8 Å². The summed E-state index contributed by atoms with van der Waals surface area (Å²) in [6.45, 7) is 4.44. The lowest BCUT2D eigenvalue weighted by Gasteiger charge is -2.35. The fraction of sp³-hybridized carbons (Fsp3) is 0.938. The Morgan fingerprint density at radius 1 is 1.25 bits per heavy atom. The van der Waals surface area contributed by atoms with E-state index in [-0.39, 0.29) is 11.9 Å². The number of nitrogens with one attached hydrogen (secondary N) is 2. The van der Waals surface area contributed by atoms with Gasteiger partial charge in [-0.05, 0) is 51.1 Å². The van der Waals surface area contributed by atoms with Crippen molar-refractivity contribution in [3.8, 4) is 0 Å². The normalized spacial score (nSPS) is 42.2. The van der Waals surface area contributed by atoms with Crippen LogP contribution < -0.4 is 10.6 Å². The SMILES string of the molecule is CC1CN(C)CCC1NC(=O)C1CC2CCCCC2N1. The summed E-state index contributed by atoms with van der Waals surface area (Å²) >= 11 is 0. The topological polar surface area (TPSA) is 44.4 Å². The van der Waals surface area contributed by atoms with Crippen LogP contribution in [0.2, 0.25) is 0 Å². The Morgan fingerprint density at radius 2 is 2.05 bits per heavy atom. The summed E-state index contributed by atoms with van der Waals surface area (Å²) in [6, 6.07) is 1.03. The summed E-state index contributed by atoms with van der Waals surface area (Å²) in [5.74, 6) is 1.55. The van der Waals surface area contributed by atoms with Crippen LogP contribution in [0.25, 0.3) is 0 Å². The van der Waals surface area contributed by atoms with Gasteiger partial charge < -0.3 is 15.5 Å². The molecule has 2 saturated heterocycles. The molecular weight excluding hydrogens is 250 g/mol. The van der Waals surface area contributed by atoms with Crippen molar-refractivity contribution < 1.29 is 4.79 Å². The number of carbonyl (C=O) groups is 1. The Morgan fingerprint density at radius 3 is 2.80 bits per heavy atom. The molecule has 1 aliphatic carbocycles. The number of hydrogen-bond donors (Lipinski definition) is 2. The third kappa shape index (κ3) is 3.01. The molecule has 1 saturated carbocycles. The Kier molecular flexibility index (Phi) is 4.32. The van der Waals surface area contributed by atoms with E-state index < -0.39 is 0 Å². The van der Waals surface area contributed by atoms with Gasteiger partial charge in [0.1, 0.15) is 0 Å². The van der Waals surface area contributed by atoms with Crippen molar-refractivity contribution in [2.75, 3.05) is 20.1 Å². The molecule has 3 aliphatic rings. The van der Waals surface area contributed by atoms with Crippen molar-refractivity contribution in [3.05, 3.63) is 0 Å². The van der Waals surface area contributed by atoms with Crippen LogP contribution in [0, 0.1) is 11.8 Å². The van der Waals surface area contributed by atoms with Gasteiger partial charge in [-0.2, -0.15) is 0 Å². The van der Waals surface area contributed by atoms with Crippen LogP contribution in [0.3, 0.4) is 0 Å². The maximum absolute atomic E-state index is 12.5. The lowest BCUT2D eigenvalue weighted by molar-refractivity contribution is -0.124. The summed E-state index contributed by atoms with van der Waals surface area (Å²) in [6.07, 6.45) is 7.39. The number of fused-ring (bicyclic) bond motifs is 1. The van der Waals surface area contributed by atoms with Gasteiger partial charge in [0.2, 0.25) is 5.91 Å². The summed E-state index contributed by atoms with van der Waals surface area (Å²) in [7, 11) is 2.16. The molecule has 0 aromatic carbocycles. The van der Waals surface area contributed by atoms with Gasteiger partial charge in [-0.25, -0.2) is 0 Å². The molecule has 2 aliphatic heterocycles. The smallest absolute Gasteiger partial charge is 0.237 e. The molecule has 4 nitrogen and oxygen atoms in total. The zero-order valence-electron chi connectivity index (χ0n) is 12.9. The standard InChI is InChI=1S/C16H29N3O/c1-11-10-19(2)8-7-13(11)18-16(20)15-9-12-5-3-4-6-14(12)17-15/h11-15,17H,3-10H2,1-2H3,(H,18,20). The molecule has 2 N–H and O–H groups in total. The van der Waals surface area contributed by atoms with Gasteiger partial charge in [-0.1, -0.05) is 19.8 Å². The summed E-state index contributed by atoms with van der Waals surface area (Å²) < 4.78 is 0. The average Bonchev–Trinajstić information content (AvgIpc) is 2.86. The quantitative estimate of drug-likeness (QED) is 0.802. The molecule has 5 atom stereocenters. The maximum atomic E-state index is 12.5. The van der Waals surface area contributed by atoms with Gasteiger partial charge >= 0.3 is 0 Å². The van der Waals surface area contributed by atoms with Crippen LogP contribution in [-0.4, -0.2) is 49.1 Å². The number of nitrogens with zero attached hydrogens (tertiary/aromatic N) is 1. The van der Waals surface area contributed by atoms with Gasteiger partial charge in [0.05, 0.1) is 6.04 Å². The third-order valence-corrected chi connectivity index (χ3v) is 5.62. The van der Waals surface area contributed by atoms with Gasteiger partial charge in [0.15, 0.2) is 0 Å². The first-order valence-electron chi connectivity index (χ1n) is 8.38. The second-order valence-corrected chi connectivity index (χ2v) is 7.25. The zero-order chi connectivity index (χ0) is 14.1. The number of likely N-dealkylation sites (tertiary alicyclic amines) is 1. The molecule has 0 bridgehead atoms. The molecule has 0 radical (unpaired) electrons. The Bertz CT molecular complexity index is 346.